The molecule has 0 spiro atoms. The van der Waals surface area contributed by atoms with Crippen LogP contribution in [0.1, 0.15) is 39.0 Å². The van der Waals surface area contributed by atoms with Gasteiger partial charge in [-0.15, -0.1) is 0 Å². The Balaban J connectivity index is 2.03. The normalized spacial score (nSPS) is 23.9. The fourth-order valence-corrected chi connectivity index (χ4v) is 2.77. The summed E-state index contributed by atoms with van der Waals surface area (Å²) in [6.07, 6.45) is 7.69. The van der Waals surface area contributed by atoms with Crippen molar-refractivity contribution in [3.8, 4) is 0 Å². The van der Waals surface area contributed by atoms with E-state index in [0.29, 0.717) is 11.7 Å². The van der Waals surface area contributed by atoms with E-state index in [1.807, 2.05) is 0 Å². The fourth-order valence-electron chi connectivity index (χ4n) is 2.55. The lowest BCUT2D eigenvalue weighted by Gasteiger charge is -2.29. The molecule has 1 N–H and O–H groups in total. The van der Waals surface area contributed by atoms with Crippen molar-refractivity contribution in [3.63, 3.8) is 0 Å². The van der Waals surface area contributed by atoms with E-state index in [1.54, 1.807) is 13.2 Å². The number of anilines is 1. The maximum Gasteiger partial charge on any atom is 0.287 e. The van der Waals surface area contributed by atoms with Gasteiger partial charge < -0.3 is 5.32 Å². The van der Waals surface area contributed by atoms with E-state index in [9.17, 15) is 4.79 Å². The number of aryl methyl sites for hydroxylation is 1. The van der Waals surface area contributed by atoms with E-state index in [1.165, 1.54) is 23.9 Å². The minimum atomic E-state index is -0.246. The van der Waals surface area contributed by atoms with E-state index in [4.69, 9.17) is 11.6 Å². The highest BCUT2D eigenvalue weighted by Crippen LogP contribution is 2.29. The van der Waals surface area contributed by atoms with Crippen molar-refractivity contribution < 1.29 is 0 Å². The number of aromatic nitrogens is 2. The Morgan fingerprint density at radius 2 is 2.11 bits per heavy atom. The summed E-state index contributed by atoms with van der Waals surface area (Å²) in [7, 11) is 1.60. The summed E-state index contributed by atoms with van der Waals surface area (Å²) in [6, 6.07) is 0.416. The van der Waals surface area contributed by atoms with Gasteiger partial charge in [-0.25, -0.2) is 4.68 Å². The first kappa shape index (κ1) is 13.4. The smallest absolute Gasteiger partial charge is 0.287 e. The van der Waals surface area contributed by atoms with E-state index in [0.717, 1.165) is 18.8 Å². The third-order valence-corrected chi connectivity index (χ3v) is 4.23. The second-order valence-corrected chi connectivity index (χ2v) is 5.45. The maximum absolute atomic E-state index is 11.7. The maximum atomic E-state index is 11.7. The molecule has 18 heavy (non-hydrogen) atoms. The van der Waals surface area contributed by atoms with Crippen LogP contribution in [0.4, 0.5) is 5.69 Å². The summed E-state index contributed by atoms with van der Waals surface area (Å²) in [5.41, 5.74) is 0.420. The topological polar surface area (TPSA) is 46.9 Å². The lowest BCUT2D eigenvalue weighted by atomic mass is 9.84. The van der Waals surface area contributed by atoms with Gasteiger partial charge in [0.1, 0.15) is 5.02 Å². The van der Waals surface area contributed by atoms with Crippen molar-refractivity contribution >= 4 is 17.3 Å². The van der Waals surface area contributed by atoms with Gasteiger partial charge in [-0.1, -0.05) is 24.9 Å². The monoisotopic (exact) mass is 269 g/mol. The Hall–Kier alpha value is -1.03. The molecule has 1 aromatic heterocycles. The third kappa shape index (κ3) is 2.86. The molecule has 0 aliphatic heterocycles. The lowest BCUT2D eigenvalue weighted by Crippen LogP contribution is -2.28. The molecule has 2 rings (SSSR count). The van der Waals surface area contributed by atoms with Crippen LogP contribution in [0.5, 0.6) is 0 Å². The zero-order chi connectivity index (χ0) is 13.1. The summed E-state index contributed by atoms with van der Waals surface area (Å²) >= 11 is 6.04. The van der Waals surface area contributed by atoms with E-state index in [-0.39, 0.29) is 10.6 Å². The first-order valence-electron chi connectivity index (χ1n) is 6.60. The number of hydrogen-bond donors (Lipinski definition) is 1. The predicted octanol–water partition coefficient (Wildman–Crippen LogP) is 2.81. The van der Waals surface area contributed by atoms with Crippen molar-refractivity contribution in [2.45, 2.75) is 45.1 Å². The van der Waals surface area contributed by atoms with Gasteiger partial charge in [0.05, 0.1) is 11.9 Å². The lowest BCUT2D eigenvalue weighted by molar-refractivity contribution is 0.330. The van der Waals surface area contributed by atoms with Crippen molar-refractivity contribution in [2.24, 2.45) is 13.0 Å². The van der Waals surface area contributed by atoms with Crippen LogP contribution in [-0.4, -0.2) is 15.8 Å². The van der Waals surface area contributed by atoms with Gasteiger partial charge in [-0.2, -0.15) is 5.10 Å². The van der Waals surface area contributed by atoms with Crippen LogP contribution in [0.15, 0.2) is 11.0 Å². The van der Waals surface area contributed by atoms with Crippen LogP contribution in [-0.2, 0) is 7.05 Å². The highest BCUT2D eigenvalue weighted by molar-refractivity contribution is 6.32. The Bertz CT molecular complexity index is 464. The molecule has 1 aliphatic rings. The number of nitrogens with zero attached hydrogens (tertiary/aromatic N) is 2. The van der Waals surface area contributed by atoms with E-state index < -0.39 is 0 Å². The molecule has 100 valence electrons. The highest BCUT2D eigenvalue weighted by atomic mass is 35.5. The quantitative estimate of drug-likeness (QED) is 0.918. The molecule has 5 heteroatoms. The average Bonchev–Trinajstić information content (AvgIpc) is 2.40. The van der Waals surface area contributed by atoms with Gasteiger partial charge in [-0.3, -0.25) is 4.79 Å². The fraction of sp³-hybridized carbons (Fsp3) is 0.692. The first-order chi connectivity index (χ1) is 8.61. The zero-order valence-electron chi connectivity index (χ0n) is 10.9. The van der Waals surface area contributed by atoms with Crippen LogP contribution < -0.4 is 10.9 Å². The Labute approximate surface area is 112 Å². The van der Waals surface area contributed by atoms with Crippen LogP contribution in [0.2, 0.25) is 5.02 Å². The summed E-state index contributed by atoms with van der Waals surface area (Å²) in [5.74, 6) is 0.861. The largest absolute Gasteiger partial charge is 0.380 e. The molecule has 1 aliphatic carbocycles. The van der Waals surface area contributed by atoms with Crippen LogP contribution in [0.25, 0.3) is 0 Å². The van der Waals surface area contributed by atoms with Gasteiger partial charge in [0, 0.05) is 13.1 Å². The van der Waals surface area contributed by atoms with Crippen molar-refractivity contribution in [3.05, 3.63) is 21.6 Å². The molecular formula is C13H20ClN3O. The number of nitrogens with one attached hydrogen (secondary N) is 1. The highest BCUT2D eigenvalue weighted by Gasteiger charge is 2.21. The molecule has 0 unspecified atom stereocenters. The molecule has 0 bridgehead atoms. The van der Waals surface area contributed by atoms with E-state index >= 15 is 0 Å². The van der Waals surface area contributed by atoms with Gasteiger partial charge in [-0.05, 0) is 31.6 Å². The minimum Gasteiger partial charge on any atom is -0.380 e. The Morgan fingerprint density at radius 1 is 1.44 bits per heavy atom. The molecule has 0 radical (unpaired) electrons. The molecule has 1 saturated carbocycles. The number of hydrogen-bond acceptors (Lipinski definition) is 3. The predicted molar refractivity (Wildman–Crippen MR) is 74.1 cm³/mol. The van der Waals surface area contributed by atoms with Gasteiger partial charge in [0.25, 0.3) is 5.56 Å². The Morgan fingerprint density at radius 3 is 2.72 bits per heavy atom. The van der Waals surface area contributed by atoms with Crippen LogP contribution in [0, 0.1) is 5.92 Å². The molecule has 0 saturated heterocycles. The van der Waals surface area contributed by atoms with Gasteiger partial charge in [0.2, 0.25) is 0 Å². The third-order valence-electron chi connectivity index (χ3n) is 3.86. The summed E-state index contributed by atoms with van der Waals surface area (Å²) in [4.78, 5) is 11.7. The van der Waals surface area contributed by atoms with Gasteiger partial charge in [0.15, 0.2) is 0 Å². The zero-order valence-corrected chi connectivity index (χ0v) is 11.7. The number of halogens is 1. The molecule has 0 aromatic carbocycles. The molecule has 0 amide bonds. The first-order valence-corrected chi connectivity index (χ1v) is 6.98. The average molecular weight is 270 g/mol. The van der Waals surface area contributed by atoms with Crippen LogP contribution in [0.3, 0.4) is 0 Å². The number of rotatable bonds is 3. The molecular weight excluding hydrogens is 250 g/mol. The molecule has 1 aromatic rings. The summed E-state index contributed by atoms with van der Waals surface area (Å²) in [5, 5.41) is 7.59. The second kappa shape index (κ2) is 5.74. The molecule has 1 fully saturated rings. The standard InChI is InChI=1S/C13H20ClN3O/c1-3-9-4-6-10(7-5-9)16-11-8-15-17(2)13(18)12(11)14/h8-10,16H,3-7H2,1-2H3. The summed E-state index contributed by atoms with van der Waals surface area (Å²) in [6.45, 7) is 2.25. The molecule has 1 heterocycles. The second-order valence-electron chi connectivity index (χ2n) is 5.07. The van der Waals surface area contributed by atoms with Gasteiger partial charge >= 0.3 is 0 Å². The summed E-state index contributed by atoms with van der Waals surface area (Å²) < 4.78 is 1.25. The Kier molecular flexibility index (Phi) is 4.27. The molecule has 0 atom stereocenters. The molecule has 4 nitrogen and oxygen atoms in total. The SMILES string of the molecule is CCC1CCC(Nc2cnn(C)c(=O)c2Cl)CC1. The van der Waals surface area contributed by atoms with Crippen LogP contribution >= 0.6 is 11.6 Å². The van der Waals surface area contributed by atoms with Crippen molar-refractivity contribution in [1.29, 1.82) is 0 Å². The van der Waals surface area contributed by atoms with Crippen molar-refractivity contribution in [1.82, 2.24) is 9.78 Å². The van der Waals surface area contributed by atoms with Crippen molar-refractivity contribution in [2.75, 3.05) is 5.32 Å². The minimum absolute atomic E-state index is 0.241. The van der Waals surface area contributed by atoms with E-state index in [2.05, 4.69) is 17.3 Å².